The highest BCUT2D eigenvalue weighted by atomic mass is 32.1. The largest absolute Gasteiger partial charge is 0.496 e. The Labute approximate surface area is 304 Å². The Bertz CT molecular complexity index is 1900. The van der Waals surface area contributed by atoms with Crippen LogP contribution in [0.5, 0.6) is 5.75 Å². The standard InChI is InChI=1S/C40H49N5O5S/c1-22-34-32(49-5)17-26(38(47)44-14-6-7-28(21-44)42-39(48)50-40(2,3)4)18-33(34)51-35(22)31-16-25-11-13-30(43-36(25)45(31)20-23-8-9-23)24-10-12-29-27(15-24)19-41-37(29)46/h11-13,16-18,23-25,27-28,36H,6-10,14-15,19-21H2,1-5H3,(H,41,46)(H,42,48)/t24?,25?,27?,28-,36?/m1/s1. The van der Waals surface area contributed by atoms with Crippen LogP contribution in [0.4, 0.5) is 4.79 Å². The third-order valence-corrected chi connectivity index (χ3v) is 12.5. The third-order valence-electron chi connectivity index (χ3n) is 11.2. The normalized spacial score (nSPS) is 27.4. The summed E-state index contributed by atoms with van der Waals surface area (Å²) in [7, 11) is 1.67. The molecule has 1 aromatic carbocycles. The van der Waals surface area contributed by atoms with Gasteiger partial charge in [0.05, 0.1) is 17.7 Å². The van der Waals surface area contributed by atoms with Crippen LogP contribution in [0.2, 0.25) is 0 Å². The number of benzene rings is 1. The molecule has 6 aliphatic rings. The SMILES string of the molecule is COc1cc(C(=O)N2CCC[C@@H](NC(=O)OC(C)(C)C)C2)cc2sc(C3=CC4C=CC(C5CC=C6C(=O)NCC6C5)=NC4N3CC3CC3)c(C)c12. The number of likely N-dealkylation sites (tertiary alicyclic amines) is 1. The number of carbonyl (C=O) groups excluding carboxylic acids is 3. The van der Waals surface area contributed by atoms with Crippen LogP contribution in [0.3, 0.4) is 0 Å². The first-order chi connectivity index (χ1) is 24.5. The fourth-order valence-corrected chi connectivity index (χ4v) is 9.81. The molecule has 3 amide bonds. The maximum absolute atomic E-state index is 14.0. The molecule has 5 atom stereocenters. The van der Waals surface area contributed by atoms with Crippen LogP contribution in [-0.4, -0.2) is 84.5 Å². The lowest BCUT2D eigenvalue weighted by Gasteiger charge is -2.33. The van der Waals surface area contributed by atoms with Crippen LogP contribution >= 0.6 is 11.3 Å². The van der Waals surface area contributed by atoms with Gasteiger partial charge in [-0.05, 0) is 102 Å². The van der Waals surface area contributed by atoms with Gasteiger partial charge in [-0.15, -0.1) is 11.3 Å². The zero-order valence-corrected chi connectivity index (χ0v) is 31.1. The number of alkyl carbamates (subject to hydrolysis) is 1. The minimum atomic E-state index is -0.583. The first kappa shape index (κ1) is 34.0. The van der Waals surface area contributed by atoms with Gasteiger partial charge < -0.3 is 29.9 Å². The molecule has 0 spiro atoms. The Morgan fingerprint density at radius 1 is 1.16 bits per heavy atom. The molecule has 8 rings (SSSR count). The summed E-state index contributed by atoms with van der Waals surface area (Å²) in [5.74, 6) is 2.21. The molecule has 0 radical (unpaired) electrons. The molecular formula is C40H49N5O5S. The zero-order chi connectivity index (χ0) is 35.6. The predicted molar refractivity (Wildman–Crippen MR) is 200 cm³/mol. The van der Waals surface area contributed by atoms with Crippen LogP contribution in [0.1, 0.15) is 80.1 Å². The van der Waals surface area contributed by atoms with Crippen molar-refractivity contribution in [2.45, 2.75) is 84.0 Å². The van der Waals surface area contributed by atoms with Crippen molar-refractivity contribution in [2.24, 2.45) is 28.7 Å². The molecule has 2 aromatic rings. The average molecular weight is 712 g/mol. The van der Waals surface area contributed by atoms with Gasteiger partial charge in [0.1, 0.15) is 17.5 Å². The number of thiophene rings is 1. The second-order valence-electron chi connectivity index (χ2n) is 16.1. The first-order valence-electron chi connectivity index (χ1n) is 18.6. The lowest BCUT2D eigenvalue weighted by atomic mass is 9.79. The van der Waals surface area contributed by atoms with Gasteiger partial charge in [0, 0.05) is 76.9 Å². The van der Waals surface area contributed by atoms with E-state index in [9.17, 15) is 14.4 Å². The molecule has 5 heterocycles. The minimum Gasteiger partial charge on any atom is -0.496 e. The van der Waals surface area contributed by atoms with E-state index in [-0.39, 0.29) is 35.9 Å². The number of fused-ring (bicyclic) bond motifs is 3. The van der Waals surface area contributed by atoms with Crippen LogP contribution in [-0.2, 0) is 9.53 Å². The highest BCUT2D eigenvalue weighted by Crippen LogP contribution is 2.48. The van der Waals surface area contributed by atoms with Gasteiger partial charge in [-0.3, -0.25) is 14.6 Å². The molecule has 1 saturated carbocycles. The van der Waals surface area contributed by atoms with Gasteiger partial charge in [-0.1, -0.05) is 12.2 Å². The molecule has 4 unspecified atom stereocenters. The lowest BCUT2D eigenvalue weighted by Crippen LogP contribution is -2.50. The maximum atomic E-state index is 14.0. The van der Waals surface area contributed by atoms with E-state index < -0.39 is 11.7 Å². The Hall–Kier alpha value is -4.12. The van der Waals surface area contributed by atoms with Crippen molar-refractivity contribution in [1.82, 2.24) is 20.4 Å². The first-order valence-corrected chi connectivity index (χ1v) is 19.4. The molecule has 3 fully saturated rings. The lowest BCUT2D eigenvalue weighted by molar-refractivity contribution is -0.116. The quantitative estimate of drug-likeness (QED) is 0.342. The summed E-state index contributed by atoms with van der Waals surface area (Å²) >= 11 is 1.73. The van der Waals surface area contributed by atoms with E-state index in [4.69, 9.17) is 14.5 Å². The molecule has 1 aromatic heterocycles. The molecule has 11 heteroatoms. The summed E-state index contributed by atoms with van der Waals surface area (Å²) in [5, 5.41) is 7.02. The predicted octanol–water partition coefficient (Wildman–Crippen LogP) is 6.45. The molecule has 270 valence electrons. The molecule has 4 aliphatic heterocycles. The van der Waals surface area contributed by atoms with Crippen LogP contribution < -0.4 is 15.4 Å². The smallest absolute Gasteiger partial charge is 0.407 e. The number of hydrogen-bond donors (Lipinski definition) is 2. The summed E-state index contributed by atoms with van der Waals surface area (Å²) < 4.78 is 12.5. The number of carbonyl (C=O) groups is 3. The van der Waals surface area contributed by atoms with Crippen molar-refractivity contribution in [3.05, 3.63) is 58.0 Å². The van der Waals surface area contributed by atoms with Gasteiger partial charge in [-0.2, -0.15) is 0 Å². The second-order valence-corrected chi connectivity index (χ2v) is 17.2. The van der Waals surface area contributed by atoms with Gasteiger partial charge in [0.2, 0.25) is 5.91 Å². The Kier molecular flexibility index (Phi) is 8.75. The maximum Gasteiger partial charge on any atom is 0.407 e. The van der Waals surface area contributed by atoms with Crippen LogP contribution in [0.25, 0.3) is 15.8 Å². The topological polar surface area (TPSA) is 113 Å². The second kappa shape index (κ2) is 13.1. The van der Waals surface area contributed by atoms with Crippen molar-refractivity contribution < 1.29 is 23.9 Å². The zero-order valence-electron chi connectivity index (χ0n) is 30.3. The summed E-state index contributed by atoms with van der Waals surface area (Å²) in [6.07, 6.45) is 14.6. The Balaban J connectivity index is 1.05. The number of methoxy groups -OCH3 is 1. The van der Waals surface area contributed by atoms with E-state index >= 15 is 0 Å². The molecule has 0 bridgehead atoms. The number of allylic oxidation sites excluding steroid dienone is 2. The summed E-state index contributed by atoms with van der Waals surface area (Å²) in [4.78, 5) is 49.7. The van der Waals surface area contributed by atoms with Crippen LogP contribution in [0, 0.1) is 30.6 Å². The van der Waals surface area contributed by atoms with Crippen molar-refractivity contribution in [3.63, 3.8) is 0 Å². The molecule has 2 saturated heterocycles. The number of aryl methyl sites for hydroxylation is 1. The monoisotopic (exact) mass is 711 g/mol. The summed E-state index contributed by atoms with van der Waals surface area (Å²) in [6, 6.07) is 3.73. The number of rotatable bonds is 7. The Morgan fingerprint density at radius 3 is 2.75 bits per heavy atom. The fraction of sp³-hybridized carbons (Fsp3) is 0.550. The van der Waals surface area contributed by atoms with E-state index in [0.717, 1.165) is 65.7 Å². The Morgan fingerprint density at radius 2 is 1.98 bits per heavy atom. The number of hydrogen-bond acceptors (Lipinski definition) is 8. The van der Waals surface area contributed by atoms with E-state index in [1.54, 1.807) is 18.4 Å². The molecule has 2 aliphatic carbocycles. The highest BCUT2D eigenvalue weighted by molar-refractivity contribution is 7.20. The van der Waals surface area contributed by atoms with Crippen molar-refractivity contribution in [1.29, 1.82) is 0 Å². The number of piperidine rings is 1. The molecular weight excluding hydrogens is 663 g/mol. The molecule has 10 nitrogen and oxygen atoms in total. The number of dihydropyridines is 1. The highest BCUT2D eigenvalue weighted by Gasteiger charge is 2.41. The van der Waals surface area contributed by atoms with Gasteiger partial charge in [-0.25, -0.2) is 4.79 Å². The average Bonchev–Trinajstić information content (AvgIpc) is 3.63. The number of nitrogens with zero attached hydrogens (tertiary/aromatic N) is 3. The summed E-state index contributed by atoms with van der Waals surface area (Å²) in [5.41, 5.74) is 4.51. The third kappa shape index (κ3) is 6.69. The van der Waals surface area contributed by atoms with E-state index in [2.05, 4.69) is 46.8 Å². The minimum absolute atomic E-state index is 0.0271. The van der Waals surface area contributed by atoms with Crippen molar-refractivity contribution in [3.8, 4) is 5.75 Å². The van der Waals surface area contributed by atoms with Gasteiger partial charge in [0.25, 0.3) is 5.91 Å². The number of amides is 3. The fourth-order valence-electron chi connectivity index (χ4n) is 8.50. The number of nitrogens with one attached hydrogen (secondary N) is 2. The van der Waals surface area contributed by atoms with E-state index in [1.807, 2.05) is 37.8 Å². The molecule has 2 N–H and O–H groups in total. The molecule has 51 heavy (non-hydrogen) atoms. The van der Waals surface area contributed by atoms with E-state index in [1.165, 1.54) is 23.4 Å². The van der Waals surface area contributed by atoms with Crippen molar-refractivity contribution in [2.75, 3.05) is 33.3 Å². The van der Waals surface area contributed by atoms with Gasteiger partial charge in [0.15, 0.2) is 0 Å². The van der Waals surface area contributed by atoms with Crippen molar-refractivity contribution >= 4 is 50.7 Å². The van der Waals surface area contributed by atoms with E-state index in [0.29, 0.717) is 36.2 Å². The van der Waals surface area contributed by atoms with Crippen LogP contribution in [0.15, 0.2) is 47.0 Å². The summed E-state index contributed by atoms with van der Waals surface area (Å²) in [6.45, 7) is 10.5. The van der Waals surface area contributed by atoms with Gasteiger partial charge >= 0.3 is 6.09 Å². The number of ether oxygens (including phenoxy) is 2. The number of aliphatic imine (C=N–C) groups is 1.